The van der Waals surface area contributed by atoms with Crippen molar-refractivity contribution in [3.8, 4) is 90.1 Å². The van der Waals surface area contributed by atoms with Gasteiger partial charge in [-0.2, -0.15) is 0 Å². The molecule has 0 unspecified atom stereocenters. The SMILES string of the molecule is Brc1cc(-c2cccnc2)cc(-c2cc(-c3ccccc3)nc(-c3ccccc3)n2)c1.CC(C)(O)C(C)(C)O.CC(C)(O)C(C)(C)O.CC(C)(O)C(C)(C)O.[2HH].[2H][2H].[B][B].[B]c1cc(-c2cccnc2)cc(-c2cc(-c3ccccc3)nc(-c3ccccc3)n2)c1. The molecule has 0 aliphatic heterocycles. The van der Waals surface area contributed by atoms with E-state index in [1.165, 1.54) is 0 Å². The highest BCUT2D eigenvalue weighted by Crippen LogP contribution is 2.34. The molecule has 0 amide bonds. The van der Waals surface area contributed by atoms with Crippen molar-refractivity contribution < 1.29 is 35.0 Å². The number of nitrogens with zero attached hydrogens (tertiary/aromatic N) is 6. The van der Waals surface area contributed by atoms with E-state index in [9.17, 15) is 0 Å². The third kappa shape index (κ3) is 21.5. The summed E-state index contributed by atoms with van der Waals surface area (Å²) in [4.78, 5) is 28.0. The minimum atomic E-state index is -1.01. The lowest BCUT2D eigenvalue weighted by Crippen LogP contribution is -2.44. The Morgan fingerprint density at radius 1 is 0.318 bits per heavy atom. The van der Waals surface area contributed by atoms with Crippen LogP contribution < -0.4 is 5.46 Å². The molecular formula is C72H82B3BrN6O6. The number of benzene rings is 6. The molecule has 0 saturated heterocycles. The van der Waals surface area contributed by atoms with E-state index in [1.807, 2.05) is 146 Å². The van der Waals surface area contributed by atoms with Crippen molar-refractivity contribution in [2.24, 2.45) is 0 Å². The van der Waals surface area contributed by atoms with Gasteiger partial charge >= 0.3 is 0 Å². The van der Waals surface area contributed by atoms with Gasteiger partial charge in [0.2, 0.25) is 0 Å². The van der Waals surface area contributed by atoms with Crippen LogP contribution in [0, 0.1) is 0 Å². The summed E-state index contributed by atoms with van der Waals surface area (Å²) in [6, 6.07) is 64.8. The predicted octanol–water partition coefficient (Wildman–Crippen LogP) is 14.0. The molecule has 0 saturated carbocycles. The third-order valence-electron chi connectivity index (χ3n) is 14.6. The number of aliphatic hydroxyl groups is 6. The standard InChI is InChI=1S/C27H18BN3.C27H18BrN3.3C6H14O2.B2.2H2/c2*28-24-15-22(21-12-7-13-29-18-21)14-23(16-24)26-17-25(19-8-3-1-4-9-19)30-27(31-26)20-10-5-2-6-11-20;3*1-5(2,7)6(3,4)8;1-2;;/h2*1-18H;3*7-8H,1-4H3;;2*1H/i;;;;;;1+1D;1+1. The lowest BCUT2D eigenvalue weighted by atomic mass is 9.81. The number of aromatic nitrogens is 6. The van der Waals surface area contributed by atoms with Gasteiger partial charge in [0.1, 0.15) is 7.85 Å². The van der Waals surface area contributed by atoms with E-state index in [4.69, 9.17) is 61.4 Å². The lowest BCUT2D eigenvalue weighted by molar-refractivity contribution is -0.107. The molecule has 0 atom stereocenters. The van der Waals surface area contributed by atoms with Gasteiger partial charge in [-0.1, -0.05) is 167 Å². The van der Waals surface area contributed by atoms with Crippen LogP contribution in [-0.4, -0.2) is 117 Å². The molecule has 10 rings (SSSR count). The fourth-order valence-corrected chi connectivity index (χ4v) is 7.57. The number of pyridine rings is 2. The summed E-state index contributed by atoms with van der Waals surface area (Å²) in [5, 5.41) is 54.6. The van der Waals surface area contributed by atoms with E-state index < -0.39 is 33.6 Å². The highest BCUT2D eigenvalue weighted by Gasteiger charge is 2.33. The number of rotatable bonds is 11. The first-order chi connectivity index (χ1) is 42.3. The second kappa shape index (κ2) is 31.4. The summed E-state index contributed by atoms with van der Waals surface area (Å²) in [5.74, 6) is 1.39. The van der Waals surface area contributed by atoms with Crippen LogP contribution in [-0.2, 0) is 0 Å². The number of hydrogen-bond donors (Lipinski definition) is 6. The highest BCUT2D eigenvalue weighted by molar-refractivity contribution is 9.10. The molecule has 0 aliphatic rings. The zero-order valence-corrected chi connectivity index (χ0v) is 53.8. The molecule has 0 aliphatic carbocycles. The summed E-state index contributed by atoms with van der Waals surface area (Å²) in [5.41, 5.74) is 8.28. The maximum atomic E-state index is 9.10. The molecule has 4 heterocycles. The molecule has 4 aromatic heterocycles. The van der Waals surface area contributed by atoms with E-state index in [-0.39, 0.29) is 1.43 Å². The quantitative estimate of drug-likeness (QED) is 0.0671. The average Bonchev–Trinajstić information content (AvgIpc) is 0.886. The predicted molar refractivity (Wildman–Crippen MR) is 370 cm³/mol. The monoisotopic (exact) mass is 1240 g/mol. The fourth-order valence-electron chi connectivity index (χ4n) is 7.07. The third-order valence-corrected chi connectivity index (χ3v) is 15.0. The van der Waals surface area contributed by atoms with E-state index in [1.54, 1.807) is 95.5 Å². The second-order valence-corrected chi connectivity index (χ2v) is 24.7. The molecule has 6 aromatic carbocycles. The molecular weight excluding hydrogens is 1160 g/mol. The van der Waals surface area contributed by atoms with Crippen molar-refractivity contribution >= 4 is 44.7 Å². The van der Waals surface area contributed by atoms with Gasteiger partial charge in [-0.05, 0) is 148 Å². The normalized spacial score (nSPS) is 11.6. The van der Waals surface area contributed by atoms with Crippen LogP contribution in [0.3, 0.4) is 0 Å². The Labute approximate surface area is 537 Å². The van der Waals surface area contributed by atoms with Crippen molar-refractivity contribution in [3.05, 3.63) is 223 Å². The Hall–Kier alpha value is -7.79. The van der Waals surface area contributed by atoms with Gasteiger partial charge in [-0.15, -0.1) is 0 Å². The summed E-state index contributed by atoms with van der Waals surface area (Å²) < 4.78 is 11.0. The molecule has 12 nitrogen and oxygen atoms in total. The van der Waals surface area contributed by atoms with E-state index >= 15 is 0 Å². The second-order valence-electron chi connectivity index (χ2n) is 23.8. The van der Waals surface area contributed by atoms with Crippen molar-refractivity contribution in [2.75, 3.05) is 0 Å². The van der Waals surface area contributed by atoms with Gasteiger partial charge in [0.15, 0.2) is 11.6 Å². The Morgan fingerprint density at radius 2 is 0.568 bits per heavy atom. The lowest BCUT2D eigenvalue weighted by Gasteiger charge is -2.31. The zero-order valence-electron chi connectivity index (χ0n) is 54.3. The van der Waals surface area contributed by atoms with Gasteiger partial charge < -0.3 is 30.6 Å². The molecule has 0 fully saturated rings. The van der Waals surface area contributed by atoms with Crippen molar-refractivity contribution in [2.45, 2.75) is 117 Å². The first kappa shape index (κ1) is 69.3. The smallest absolute Gasteiger partial charge is 0.160 e. The van der Waals surface area contributed by atoms with Crippen molar-refractivity contribution in [3.63, 3.8) is 0 Å². The largest absolute Gasteiger partial charge is 0.387 e. The molecule has 452 valence electrons. The highest BCUT2D eigenvalue weighted by atomic mass is 79.9. The Kier molecular flexibility index (Phi) is 24.7. The Morgan fingerprint density at radius 3 is 0.864 bits per heavy atom. The van der Waals surface area contributed by atoms with Crippen molar-refractivity contribution in [1.29, 1.82) is 0 Å². The van der Waals surface area contributed by atoms with Crippen LogP contribution in [0.25, 0.3) is 90.1 Å². The van der Waals surface area contributed by atoms with Gasteiger partial charge in [0.25, 0.3) is 0 Å². The summed E-state index contributed by atoms with van der Waals surface area (Å²) in [6.45, 7) is 18.9. The van der Waals surface area contributed by atoms with E-state index in [0.717, 1.165) is 82.9 Å². The average molecular weight is 1240 g/mol. The minimum absolute atomic E-state index is 0. The van der Waals surface area contributed by atoms with Crippen LogP contribution in [0.5, 0.6) is 0 Å². The maximum Gasteiger partial charge on any atom is 0.160 e. The van der Waals surface area contributed by atoms with Gasteiger partial charge in [-0.25, -0.2) is 19.9 Å². The number of halogens is 1. The first-order valence-electron chi connectivity index (χ1n) is 29.5. The Bertz CT molecular complexity index is 3320. The Balaban J connectivity index is 0.000000335. The zero-order chi connectivity index (χ0) is 67.1. The molecule has 6 N–H and O–H groups in total. The van der Waals surface area contributed by atoms with Crippen LogP contribution in [0.15, 0.2) is 223 Å². The molecule has 0 bridgehead atoms. The topological polar surface area (TPSA) is 199 Å². The van der Waals surface area contributed by atoms with Crippen LogP contribution in [0.4, 0.5) is 0 Å². The summed E-state index contributed by atoms with van der Waals surface area (Å²) in [6.07, 6.45) is 7.25. The van der Waals surface area contributed by atoms with E-state index in [2.05, 4.69) is 102 Å². The van der Waals surface area contributed by atoms with Crippen LogP contribution in [0.2, 0.25) is 0 Å². The number of hydrogen-bond acceptors (Lipinski definition) is 12. The van der Waals surface area contributed by atoms with Crippen LogP contribution >= 0.6 is 15.9 Å². The fraction of sp³-hybridized carbons (Fsp3) is 0.250. The molecule has 16 heteroatoms. The summed E-state index contributed by atoms with van der Waals surface area (Å²) >= 11 is 3.67. The van der Waals surface area contributed by atoms with Gasteiger partial charge in [0, 0.05) is 88.1 Å². The van der Waals surface area contributed by atoms with E-state index in [0.29, 0.717) is 17.1 Å². The first-order valence-corrected chi connectivity index (χ1v) is 29.3. The van der Waals surface area contributed by atoms with Crippen LogP contribution in [0.1, 0.15) is 87.5 Å². The van der Waals surface area contributed by atoms with Gasteiger partial charge in [0.05, 0.1) is 56.4 Å². The van der Waals surface area contributed by atoms with Gasteiger partial charge in [-0.3, -0.25) is 9.97 Å². The minimum Gasteiger partial charge on any atom is -0.387 e. The molecule has 10 aromatic rings. The molecule has 6 radical (unpaired) electrons. The summed E-state index contributed by atoms with van der Waals surface area (Å²) in [7, 11) is 14.3. The molecule has 88 heavy (non-hydrogen) atoms. The van der Waals surface area contributed by atoms with Crippen molar-refractivity contribution in [1.82, 2.24) is 29.9 Å². The maximum absolute atomic E-state index is 9.10. The molecule has 0 spiro atoms.